The lowest BCUT2D eigenvalue weighted by Gasteiger charge is -2.06. The van der Waals surface area contributed by atoms with Gasteiger partial charge in [-0.1, -0.05) is 25.5 Å². The Labute approximate surface area is 119 Å². The lowest BCUT2D eigenvalue weighted by Crippen LogP contribution is -2.19. The smallest absolute Gasteiger partial charge is 0.335 e. The number of carbonyl (C=O) groups is 2. The van der Waals surface area contributed by atoms with Crippen LogP contribution in [-0.4, -0.2) is 31.9 Å². The van der Waals surface area contributed by atoms with Crippen molar-refractivity contribution in [1.82, 2.24) is 14.8 Å². The molecule has 2 rings (SSSR count). The molecule has 1 aromatic carbocycles. The Morgan fingerprint density at radius 2 is 2.05 bits per heavy atom. The maximum absolute atomic E-state index is 11.6. The number of urea groups is 1. The summed E-state index contributed by atoms with van der Waals surface area (Å²) in [6.07, 6.45) is 0. The first-order chi connectivity index (χ1) is 9.04. The molecule has 0 aliphatic rings. The molecule has 2 amide bonds. The van der Waals surface area contributed by atoms with Crippen LogP contribution < -0.4 is 10.6 Å². The first kappa shape index (κ1) is 13.4. The fourth-order valence-electron chi connectivity index (χ4n) is 1.23. The summed E-state index contributed by atoms with van der Waals surface area (Å²) in [5, 5.41) is 20.9. The number of hydrogen-bond donors (Lipinski definition) is 3. The number of carboxylic acids is 1. The van der Waals surface area contributed by atoms with Crippen molar-refractivity contribution in [1.29, 1.82) is 0 Å². The van der Waals surface area contributed by atoms with Gasteiger partial charge in [0.05, 0.1) is 5.56 Å². The molecule has 0 fully saturated rings. The van der Waals surface area contributed by atoms with Crippen molar-refractivity contribution in [3.8, 4) is 0 Å². The van der Waals surface area contributed by atoms with Gasteiger partial charge in [-0.25, -0.2) is 9.59 Å². The third kappa shape index (κ3) is 3.69. The van der Waals surface area contributed by atoms with Gasteiger partial charge >= 0.3 is 12.0 Å². The molecule has 0 bridgehead atoms. The number of carbonyl (C=O) groups excluding carboxylic acids is 1. The molecule has 3 N–H and O–H groups in total. The molecule has 8 nitrogen and oxygen atoms in total. The van der Waals surface area contributed by atoms with Crippen LogP contribution in [0.3, 0.4) is 0 Å². The molecule has 10 heteroatoms. The van der Waals surface area contributed by atoms with Crippen LogP contribution in [0.5, 0.6) is 0 Å². The molecule has 0 unspecified atom stereocenters. The number of benzene rings is 1. The van der Waals surface area contributed by atoms with E-state index in [9.17, 15) is 9.59 Å². The van der Waals surface area contributed by atoms with Gasteiger partial charge in [-0.15, -0.1) is 0 Å². The zero-order chi connectivity index (χ0) is 13.8. The Morgan fingerprint density at radius 3 is 2.68 bits per heavy atom. The maximum Gasteiger partial charge on any atom is 0.335 e. The third-order valence-corrected chi connectivity index (χ3v) is 2.89. The molecular formula is C9H6BrN5O3S. The molecule has 98 valence electrons. The second-order valence-corrected chi connectivity index (χ2v) is 4.93. The zero-order valence-corrected chi connectivity index (χ0v) is 11.5. The van der Waals surface area contributed by atoms with Crippen LogP contribution >= 0.6 is 27.5 Å². The molecule has 0 saturated carbocycles. The highest BCUT2D eigenvalue weighted by Crippen LogP contribution is 2.20. The van der Waals surface area contributed by atoms with Crippen molar-refractivity contribution in [2.45, 2.75) is 0 Å². The van der Waals surface area contributed by atoms with Crippen LogP contribution in [-0.2, 0) is 0 Å². The second kappa shape index (κ2) is 5.71. The number of aromatic nitrogens is 3. The number of carboxylic acid groups (broad SMARTS) is 1. The van der Waals surface area contributed by atoms with Gasteiger partial charge in [-0.05, 0) is 23.4 Å². The van der Waals surface area contributed by atoms with Gasteiger partial charge in [0.2, 0.25) is 5.13 Å². The third-order valence-electron chi connectivity index (χ3n) is 1.92. The van der Waals surface area contributed by atoms with Gasteiger partial charge in [-0.3, -0.25) is 5.32 Å². The van der Waals surface area contributed by atoms with Crippen molar-refractivity contribution in [2.75, 3.05) is 10.6 Å². The number of halogens is 1. The largest absolute Gasteiger partial charge is 0.478 e. The fourth-order valence-corrected chi connectivity index (χ4v) is 2.08. The standard InChI is InChI=1S/C9H6BrN5O3S/c10-5-1-4(7(16)17)2-6(3-5)11-8(18)12-9-13-14-15-19-9/h1-3H,(H,16,17)(H2,11,12,13,15,18). The number of nitrogens with one attached hydrogen (secondary N) is 2. The SMILES string of the molecule is O=C(Nc1cc(Br)cc(C(=O)O)c1)Nc1nnns1. The average Bonchev–Trinajstić information content (AvgIpc) is 2.80. The van der Waals surface area contributed by atoms with E-state index >= 15 is 0 Å². The number of aromatic carboxylic acids is 1. The minimum absolute atomic E-state index is 0.0576. The van der Waals surface area contributed by atoms with Crippen LogP contribution in [0.4, 0.5) is 15.6 Å². The Balaban J connectivity index is 2.10. The molecule has 0 radical (unpaired) electrons. The normalized spacial score (nSPS) is 9.95. The van der Waals surface area contributed by atoms with E-state index < -0.39 is 12.0 Å². The van der Waals surface area contributed by atoms with Gasteiger partial charge in [-0.2, -0.15) is 0 Å². The first-order valence-electron chi connectivity index (χ1n) is 4.81. The highest BCUT2D eigenvalue weighted by atomic mass is 79.9. The van der Waals surface area contributed by atoms with Gasteiger partial charge in [0.25, 0.3) is 0 Å². The summed E-state index contributed by atoms with van der Waals surface area (Å²) in [7, 11) is 0. The van der Waals surface area contributed by atoms with Crippen LogP contribution in [0.25, 0.3) is 0 Å². The summed E-state index contributed by atoms with van der Waals surface area (Å²) < 4.78 is 4.03. The predicted octanol–water partition coefficient (Wildman–Crippen LogP) is 2.04. The first-order valence-corrected chi connectivity index (χ1v) is 6.38. The van der Waals surface area contributed by atoms with Crippen molar-refractivity contribution in [3.63, 3.8) is 0 Å². The van der Waals surface area contributed by atoms with Gasteiger partial charge in [0.15, 0.2) is 0 Å². The van der Waals surface area contributed by atoms with Crippen LogP contribution in [0.15, 0.2) is 22.7 Å². The van der Waals surface area contributed by atoms with Crippen molar-refractivity contribution in [3.05, 3.63) is 28.2 Å². The Kier molecular flexibility index (Phi) is 4.02. The topological polar surface area (TPSA) is 117 Å². The molecule has 2 aromatic rings. The van der Waals surface area contributed by atoms with Crippen LogP contribution in [0.1, 0.15) is 10.4 Å². The summed E-state index contributed by atoms with van der Waals surface area (Å²) in [6, 6.07) is 3.78. The van der Waals surface area contributed by atoms with Crippen molar-refractivity contribution < 1.29 is 14.7 Å². The van der Waals surface area contributed by atoms with E-state index in [0.717, 1.165) is 11.5 Å². The quantitative estimate of drug-likeness (QED) is 0.784. The number of amides is 2. The molecule has 1 aromatic heterocycles. The Bertz CT molecular complexity index is 618. The molecule has 0 spiro atoms. The Morgan fingerprint density at radius 1 is 1.26 bits per heavy atom. The summed E-state index contributed by atoms with van der Waals surface area (Å²) in [5.41, 5.74) is 0.393. The lowest BCUT2D eigenvalue weighted by molar-refractivity contribution is 0.0697. The maximum atomic E-state index is 11.6. The number of anilines is 2. The fraction of sp³-hybridized carbons (Fsp3) is 0. The average molecular weight is 344 g/mol. The highest BCUT2D eigenvalue weighted by molar-refractivity contribution is 9.10. The predicted molar refractivity (Wildman–Crippen MR) is 71.4 cm³/mol. The number of nitrogens with zero attached hydrogens (tertiary/aromatic N) is 3. The number of rotatable bonds is 3. The van der Waals surface area contributed by atoms with Gasteiger partial charge in [0, 0.05) is 21.7 Å². The molecule has 1 heterocycles. The minimum atomic E-state index is -1.09. The zero-order valence-electron chi connectivity index (χ0n) is 9.12. The molecular weight excluding hydrogens is 338 g/mol. The van der Waals surface area contributed by atoms with E-state index in [1.165, 1.54) is 12.1 Å². The molecule has 0 aliphatic heterocycles. The van der Waals surface area contributed by atoms with Crippen molar-refractivity contribution in [2.24, 2.45) is 0 Å². The minimum Gasteiger partial charge on any atom is -0.478 e. The molecule has 0 aliphatic carbocycles. The van der Waals surface area contributed by atoms with E-state index in [2.05, 4.69) is 41.4 Å². The lowest BCUT2D eigenvalue weighted by atomic mass is 10.2. The van der Waals surface area contributed by atoms with Gasteiger partial charge < -0.3 is 10.4 Å². The van der Waals surface area contributed by atoms with E-state index in [1.54, 1.807) is 6.07 Å². The molecule has 0 atom stereocenters. The van der Waals surface area contributed by atoms with Gasteiger partial charge in [0.1, 0.15) is 0 Å². The van der Waals surface area contributed by atoms with E-state index in [1.807, 2.05) is 0 Å². The molecule has 0 saturated heterocycles. The van der Waals surface area contributed by atoms with Crippen LogP contribution in [0.2, 0.25) is 0 Å². The van der Waals surface area contributed by atoms with Crippen LogP contribution in [0, 0.1) is 0 Å². The molecule has 19 heavy (non-hydrogen) atoms. The van der Waals surface area contributed by atoms with E-state index in [-0.39, 0.29) is 10.7 Å². The Hall–Kier alpha value is -2.07. The van der Waals surface area contributed by atoms with E-state index in [4.69, 9.17) is 5.11 Å². The number of hydrogen-bond acceptors (Lipinski definition) is 6. The monoisotopic (exact) mass is 343 g/mol. The second-order valence-electron chi connectivity index (χ2n) is 3.28. The summed E-state index contributed by atoms with van der Waals surface area (Å²) in [6.45, 7) is 0. The van der Waals surface area contributed by atoms with E-state index in [0.29, 0.717) is 10.2 Å². The highest BCUT2D eigenvalue weighted by Gasteiger charge is 2.09. The summed E-state index contributed by atoms with van der Waals surface area (Å²) in [4.78, 5) is 22.5. The van der Waals surface area contributed by atoms with Crippen molar-refractivity contribution >= 4 is 50.3 Å². The summed E-state index contributed by atoms with van der Waals surface area (Å²) >= 11 is 4.09. The summed E-state index contributed by atoms with van der Waals surface area (Å²) in [5.74, 6) is -1.09.